The molecule has 5 nitrogen and oxygen atoms in total. The summed E-state index contributed by atoms with van der Waals surface area (Å²) in [5.74, 6) is -0.800. The van der Waals surface area contributed by atoms with Crippen LogP contribution in [0.25, 0.3) is 6.08 Å². The van der Waals surface area contributed by atoms with Crippen molar-refractivity contribution in [2.45, 2.75) is 25.7 Å². The highest BCUT2D eigenvalue weighted by Gasteiger charge is 2.21. The second-order valence-electron chi connectivity index (χ2n) is 5.37. The Hall–Kier alpha value is -1.66. The monoisotopic (exact) mass is 311 g/mol. The SMILES string of the molecule is Cc1cc(S(=O)(=O)N(C)CC(C)C)ccc1C=CC(=O)O. The average Bonchev–Trinajstić information content (AvgIpc) is 2.36. The van der Waals surface area contributed by atoms with Crippen molar-refractivity contribution in [1.29, 1.82) is 0 Å². The molecule has 0 aromatic heterocycles. The van der Waals surface area contributed by atoms with E-state index in [1.165, 1.54) is 16.4 Å². The van der Waals surface area contributed by atoms with Crippen LogP contribution in [-0.4, -0.2) is 37.4 Å². The van der Waals surface area contributed by atoms with E-state index in [-0.39, 0.29) is 10.8 Å². The van der Waals surface area contributed by atoms with Gasteiger partial charge in [0.25, 0.3) is 0 Å². The molecule has 1 aromatic rings. The number of carboxylic acid groups (broad SMARTS) is 1. The van der Waals surface area contributed by atoms with Crippen molar-refractivity contribution in [3.63, 3.8) is 0 Å². The Kier molecular flexibility index (Phi) is 5.69. The number of carbonyl (C=O) groups is 1. The Bertz CT molecular complexity index is 648. The normalized spacial score (nSPS) is 12.5. The van der Waals surface area contributed by atoms with Crippen molar-refractivity contribution >= 4 is 22.1 Å². The maximum absolute atomic E-state index is 12.4. The molecule has 0 amide bonds. The Labute approximate surface area is 126 Å². The zero-order valence-corrected chi connectivity index (χ0v) is 13.5. The molecule has 0 spiro atoms. The summed E-state index contributed by atoms with van der Waals surface area (Å²) < 4.78 is 26.2. The van der Waals surface area contributed by atoms with Gasteiger partial charge in [-0.25, -0.2) is 17.5 Å². The first kappa shape index (κ1) is 17.4. The number of sulfonamides is 1. The summed E-state index contributed by atoms with van der Waals surface area (Å²) in [6, 6.07) is 4.68. The van der Waals surface area contributed by atoms with Gasteiger partial charge in [0.05, 0.1) is 4.90 Å². The summed E-state index contributed by atoms with van der Waals surface area (Å²) in [7, 11) is -1.95. The maximum Gasteiger partial charge on any atom is 0.328 e. The van der Waals surface area contributed by atoms with Crippen LogP contribution >= 0.6 is 0 Å². The van der Waals surface area contributed by atoms with Gasteiger partial charge in [0.1, 0.15) is 0 Å². The van der Waals surface area contributed by atoms with E-state index in [9.17, 15) is 13.2 Å². The molecule has 0 radical (unpaired) electrons. The first-order chi connectivity index (χ1) is 9.64. The van der Waals surface area contributed by atoms with Crippen LogP contribution in [0, 0.1) is 12.8 Å². The fraction of sp³-hybridized carbons (Fsp3) is 0.400. The maximum atomic E-state index is 12.4. The molecule has 0 aliphatic heterocycles. The zero-order valence-electron chi connectivity index (χ0n) is 12.7. The second kappa shape index (κ2) is 6.87. The van der Waals surface area contributed by atoms with Gasteiger partial charge in [0, 0.05) is 19.7 Å². The summed E-state index contributed by atoms with van der Waals surface area (Å²) in [6.45, 7) is 6.11. The van der Waals surface area contributed by atoms with Crippen molar-refractivity contribution in [2.75, 3.05) is 13.6 Å². The first-order valence-corrected chi connectivity index (χ1v) is 8.06. The van der Waals surface area contributed by atoms with Gasteiger partial charge in [-0.1, -0.05) is 19.9 Å². The standard InChI is InChI=1S/C15H21NO4S/c1-11(2)10-16(4)21(19,20)14-7-5-13(12(3)9-14)6-8-15(17)18/h5-9,11H,10H2,1-4H3,(H,17,18). The molecule has 0 aliphatic carbocycles. The van der Waals surface area contributed by atoms with Gasteiger partial charge in [-0.3, -0.25) is 0 Å². The number of aryl methyl sites for hydroxylation is 1. The fourth-order valence-corrected chi connectivity index (χ4v) is 3.37. The van der Waals surface area contributed by atoms with Crippen molar-refractivity contribution in [3.05, 3.63) is 35.4 Å². The van der Waals surface area contributed by atoms with Crippen molar-refractivity contribution < 1.29 is 18.3 Å². The molecule has 0 atom stereocenters. The molecule has 0 aliphatic rings. The van der Waals surface area contributed by atoms with E-state index in [2.05, 4.69) is 0 Å². The lowest BCUT2D eigenvalue weighted by molar-refractivity contribution is -0.131. The van der Waals surface area contributed by atoms with Gasteiger partial charge in [-0.15, -0.1) is 0 Å². The molecular weight excluding hydrogens is 290 g/mol. The number of nitrogens with zero attached hydrogens (tertiary/aromatic N) is 1. The minimum absolute atomic E-state index is 0.218. The minimum atomic E-state index is -3.51. The Morgan fingerprint density at radius 3 is 2.48 bits per heavy atom. The summed E-state index contributed by atoms with van der Waals surface area (Å²) in [5, 5.41) is 8.62. The molecule has 1 rings (SSSR count). The van der Waals surface area contributed by atoms with Crippen molar-refractivity contribution in [3.8, 4) is 0 Å². The summed E-state index contributed by atoms with van der Waals surface area (Å²) in [6.07, 6.45) is 2.48. The predicted molar refractivity (Wildman–Crippen MR) is 82.5 cm³/mol. The molecule has 0 heterocycles. The lowest BCUT2D eigenvalue weighted by Gasteiger charge is -2.19. The molecule has 0 saturated heterocycles. The largest absolute Gasteiger partial charge is 0.478 e. The molecule has 116 valence electrons. The minimum Gasteiger partial charge on any atom is -0.478 e. The molecule has 6 heteroatoms. The summed E-state index contributed by atoms with van der Waals surface area (Å²) in [4.78, 5) is 10.7. The quantitative estimate of drug-likeness (QED) is 0.818. The van der Waals surface area contributed by atoms with Crippen LogP contribution in [0.4, 0.5) is 0 Å². The summed E-state index contributed by atoms with van der Waals surface area (Å²) in [5.41, 5.74) is 1.40. The molecular formula is C15H21NO4S. The highest BCUT2D eigenvalue weighted by Crippen LogP contribution is 2.20. The highest BCUT2D eigenvalue weighted by molar-refractivity contribution is 7.89. The number of hydrogen-bond donors (Lipinski definition) is 1. The summed E-state index contributed by atoms with van der Waals surface area (Å²) >= 11 is 0. The van der Waals surface area contributed by atoms with E-state index >= 15 is 0 Å². The number of rotatable bonds is 6. The lowest BCUT2D eigenvalue weighted by atomic mass is 10.1. The van der Waals surface area contributed by atoms with E-state index in [1.54, 1.807) is 26.1 Å². The highest BCUT2D eigenvalue weighted by atomic mass is 32.2. The molecule has 1 aromatic carbocycles. The van der Waals surface area contributed by atoms with E-state index < -0.39 is 16.0 Å². The van der Waals surface area contributed by atoms with Crippen LogP contribution < -0.4 is 0 Å². The lowest BCUT2D eigenvalue weighted by Crippen LogP contribution is -2.30. The molecule has 0 fully saturated rings. The number of aliphatic carboxylic acids is 1. The van der Waals surface area contributed by atoms with Crippen molar-refractivity contribution in [2.24, 2.45) is 5.92 Å². The van der Waals surface area contributed by atoms with Gasteiger partial charge in [0.15, 0.2) is 0 Å². The molecule has 0 bridgehead atoms. The van der Waals surface area contributed by atoms with Crippen LogP contribution in [0.5, 0.6) is 0 Å². The van der Waals surface area contributed by atoms with Crippen LogP contribution in [0.1, 0.15) is 25.0 Å². The fourth-order valence-electron chi connectivity index (χ4n) is 1.95. The Morgan fingerprint density at radius 2 is 2.00 bits per heavy atom. The number of carboxylic acids is 1. The molecule has 0 saturated carbocycles. The third-order valence-corrected chi connectivity index (χ3v) is 4.80. The van der Waals surface area contributed by atoms with Crippen LogP contribution in [-0.2, 0) is 14.8 Å². The van der Waals surface area contributed by atoms with Gasteiger partial charge in [-0.2, -0.15) is 0 Å². The molecule has 0 unspecified atom stereocenters. The number of benzene rings is 1. The Morgan fingerprint density at radius 1 is 1.38 bits per heavy atom. The molecule has 1 N–H and O–H groups in total. The van der Waals surface area contributed by atoms with Gasteiger partial charge in [0.2, 0.25) is 10.0 Å². The first-order valence-electron chi connectivity index (χ1n) is 6.62. The van der Waals surface area contributed by atoms with Gasteiger partial charge in [-0.05, 0) is 42.2 Å². The second-order valence-corrected chi connectivity index (χ2v) is 7.41. The number of hydrogen-bond acceptors (Lipinski definition) is 3. The van der Waals surface area contributed by atoms with Gasteiger partial charge < -0.3 is 5.11 Å². The van der Waals surface area contributed by atoms with Crippen LogP contribution in [0.3, 0.4) is 0 Å². The van der Waals surface area contributed by atoms with Gasteiger partial charge >= 0.3 is 5.97 Å². The van der Waals surface area contributed by atoms with E-state index in [1.807, 2.05) is 13.8 Å². The van der Waals surface area contributed by atoms with E-state index in [4.69, 9.17) is 5.11 Å². The Balaban J connectivity index is 3.11. The van der Waals surface area contributed by atoms with E-state index in [0.717, 1.165) is 6.08 Å². The third kappa shape index (κ3) is 4.68. The van der Waals surface area contributed by atoms with Crippen LogP contribution in [0.2, 0.25) is 0 Å². The predicted octanol–water partition coefficient (Wildman–Crippen LogP) is 2.37. The molecule has 21 heavy (non-hydrogen) atoms. The zero-order chi connectivity index (χ0) is 16.2. The van der Waals surface area contributed by atoms with Crippen molar-refractivity contribution in [1.82, 2.24) is 4.31 Å². The third-order valence-electron chi connectivity index (χ3n) is 2.98. The topological polar surface area (TPSA) is 74.7 Å². The smallest absolute Gasteiger partial charge is 0.328 e. The van der Waals surface area contributed by atoms with E-state index in [0.29, 0.717) is 17.7 Å². The average molecular weight is 311 g/mol. The van der Waals surface area contributed by atoms with Crippen LogP contribution in [0.15, 0.2) is 29.2 Å².